The largest absolute Gasteiger partial charge is 0.271 e. The van der Waals surface area contributed by atoms with Crippen LogP contribution in [0.5, 0.6) is 0 Å². The molecular weight excluding hydrogens is 330 g/mol. The van der Waals surface area contributed by atoms with E-state index < -0.39 is 0 Å². The van der Waals surface area contributed by atoms with Crippen molar-refractivity contribution in [1.29, 1.82) is 0 Å². The molecular formula is C15H22BrN5. The molecule has 0 amide bonds. The molecule has 5 nitrogen and oxygen atoms in total. The zero-order chi connectivity index (χ0) is 15.4. The third-order valence-corrected chi connectivity index (χ3v) is 3.75. The predicted octanol–water partition coefficient (Wildman–Crippen LogP) is 2.75. The molecule has 1 atom stereocenters. The molecule has 2 rings (SSSR count). The van der Waals surface area contributed by atoms with Crippen LogP contribution >= 0.6 is 15.9 Å². The van der Waals surface area contributed by atoms with Crippen molar-refractivity contribution >= 4 is 15.9 Å². The van der Waals surface area contributed by atoms with Gasteiger partial charge in [0.05, 0.1) is 6.04 Å². The first kappa shape index (κ1) is 16.1. The van der Waals surface area contributed by atoms with Crippen molar-refractivity contribution in [3.05, 3.63) is 46.0 Å². The van der Waals surface area contributed by atoms with E-state index in [4.69, 9.17) is 5.84 Å². The molecule has 1 heterocycles. The van der Waals surface area contributed by atoms with Crippen LogP contribution in [0, 0.1) is 12.8 Å². The molecule has 0 fully saturated rings. The summed E-state index contributed by atoms with van der Waals surface area (Å²) in [6.45, 7) is 7.27. The number of rotatable bonds is 6. The van der Waals surface area contributed by atoms with Gasteiger partial charge in [-0.1, -0.05) is 35.8 Å². The second-order valence-corrected chi connectivity index (χ2v) is 6.65. The van der Waals surface area contributed by atoms with Crippen molar-refractivity contribution in [3.8, 4) is 0 Å². The monoisotopic (exact) mass is 351 g/mol. The molecule has 1 unspecified atom stereocenters. The van der Waals surface area contributed by atoms with Crippen LogP contribution in [0.1, 0.15) is 36.8 Å². The highest BCUT2D eigenvalue weighted by atomic mass is 79.9. The lowest BCUT2D eigenvalue weighted by atomic mass is 10.0. The fourth-order valence-electron chi connectivity index (χ4n) is 2.37. The van der Waals surface area contributed by atoms with E-state index >= 15 is 0 Å². The van der Waals surface area contributed by atoms with Gasteiger partial charge in [0.1, 0.15) is 12.2 Å². The molecule has 0 saturated heterocycles. The summed E-state index contributed by atoms with van der Waals surface area (Å²) in [4.78, 5) is 4.37. The Bertz CT molecular complexity index is 573. The van der Waals surface area contributed by atoms with E-state index in [0.717, 1.165) is 22.4 Å². The Morgan fingerprint density at radius 1 is 1.33 bits per heavy atom. The van der Waals surface area contributed by atoms with Crippen LogP contribution in [0.15, 0.2) is 29.0 Å². The van der Waals surface area contributed by atoms with E-state index in [1.54, 1.807) is 6.33 Å². The number of benzene rings is 1. The highest BCUT2D eigenvalue weighted by molar-refractivity contribution is 9.10. The predicted molar refractivity (Wildman–Crippen MR) is 87.5 cm³/mol. The van der Waals surface area contributed by atoms with Crippen LogP contribution in [0.3, 0.4) is 0 Å². The Hall–Kier alpha value is -1.24. The summed E-state index contributed by atoms with van der Waals surface area (Å²) >= 11 is 3.53. The van der Waals surface area contributed by atoms with Gasteiger partial charge in [0.2, 0.25) is 0 Å². The maximum Gasteiger partial charge on any atom is 0.138 e. The molecule has 0 aliphatic rings. The zero-order valence-corrected chi connectivity index (χ0v) is 14.3. The molecule has 0 saturated carbocycles. The number of hydrazine groups is 1. The molecule has 1 aromatic carbocycles. The number of halogens is 1. The first-order valence-electron chi connectivity index (χ1n) is 7.09. The molecule has 0 spiro atoms. The second kappa shape index (κ2) is 7.15. The number of aromatic nitrogens is 3. The van der Waals surface area contributed by atoms with E-state index in [2.05, 4.69) is 70.4 Å². The van der Waals surface area contributed by atoms with Crippen molar-refractivity contribution in [2.75, 3.05) is 0 Å². The van der Waals surface area contributed by atoms with Crippen LogP contribution in [0.4, 0.5) is 0 Å². The van der Waals surface area contributed by atoms with Crippen LogP contribution < -0.4 is 11.3 Å². The summed E-state index contributed by atoms with van der Waals surface area (Å²) in [7, 11) is 0. The van der Waals surface area contributed by atoms with Crippen LogP contribution in [-0.2, 0) is 13.0 Å². The van der Waals surface area contributed by atoms with E-state index in [0.29, 0.717) is 12.3 Å². The van der Waals surface area contributed by atoms with Gasteiger partial charge in [-0.3, -0.25) is 11.3 Å². The fraction of sp³-hybridized carbons (Fsp3) is 0.467. The molecule has 21 heavy (non-hydrogen) atoms. The Kier molecular flexibility index (Phi) is 5.50. The minimum atomic E-state index is 0.0105. The van der Waals surface area contributed by atoms with Crippen LogP contribution in [0.25, 0.3) is 0 Å². The number of nitrogens with zero attached hydrogens (tertiary/aromatic N) is 3. The van der Waals surface area contributed by atoms with Gasteiger partial charge in [0, 0.05) is 17.4 Å². The quantitative estimate of drug-likeness (QED) is 0.620. The number of nitrogens with one attached hydrogen (secondary N) is 1. The van der Waals surface area contributed by atoms with E-state index in [1.165, 1.54) is 5.56 Å². The molecule has 1 aromatic heterocycles. The van der Waals surface area contributed by atoms with Gasteiger partial charge in [-0.15, -0.1) is 0 Å². The molecule has 114 valence electrons. The highest BCUT2D eigenvalue weighted by Gasteiger charge is 2.16. The topological polar surface area (TPSA) is 68.8 Å². The average molecular weight is 352 g/mol. The van der Waals surface area contributed by atoms with Crippen molar-refractivity contribution in [2.45, 2.75) is 39.8 Å². The van der Waals surface area contributed by atoms with Crippen molar-refractivity contribution in [1.82, 2.24) is 20.2 Å². The molecule has 3 N–H and O–H groups in total. The molecule has 0 aliphatic carbocycles. The number of aryl methyl sites for hydroxylation is 1. The van der Waals surface area contributed by atoms with Gasteiger partial charge in [-0.25, -0.2) is 9.67 Å². The smallest absolute Gasteiger partial charge is 0.138 e. The summed E-state index contributed by atoms with van der Waals surface area (Å²) in [5.41, 5.74) is 5.23. The zero-order valence-electron chi connectivity index (χ0n) is 12.7. The standard InChI is InChI=1S/C15H22BrN5/c1-10(2)8-21-15(18-9-19-21)7-14(20-17)12-4-11(3)5-13(16)6-12/h4-6,9-10,14,20H,7-8,17H2,1-3H3. The van der Waals surface area contributed by atoms with E-state index in [9.17, 15) is 0 Å². The Balaban J connectivity index is 2.21. The number of nitrogens with two attached hydrogens (primary N) is 1. The third-order valence-electron chi connectivity index (χ3n) is 3.29. The van der Waals surface area contributed by atoms with Gasteiger partial charge in [0.25, 0.3) is 0 Å². The Labute approximate surface area is 134 Å². The minimum Gasteiger partial charge on any atom is -0.271 e. The lowest BCUT2D eigenvalue weighted by Gasteiger charge is -2.18. The first-order chi connectivity index (χ1) is 9.99. The van der Waals surface area contributed by atoms with Gasteiger partial charge in [0.15, 0.2) is 0 Å². The van der Waals surface area contributed by atoms with Crippen molar-refractivity contribution in [2.24, 2.45) is 11.8 Å². The van der Waals surface area contributed by atoms with Gasteiger partial charge < -0.3 is 0 Å². The maximum atomic E-state index is 5.75. The lowest BCUT2D eigenvalue weighted by Crippen LogP contribution is -2.30. The Morgan fingerprint density at radius 3 is 2.71 bits per heavy atom. The summed E-state index contributed by atoms with van der Waals surface area (Å²) < 4.78 is 3.02. The summed E-state index contributed by atoms with van der Waals surface area (Å²) in [6.07, 6.45) is 2.32. The lowest BCUT2D eigenvalue weighted by molar-refractivity contribution is 0.446. The second-order valence-electron chi connectivity index (χ2n) is 5.74. The first-order valence-corrected chi connectivity index (χ1v) is 7.88. The average Bonchev–Trinajstić information content (AvgIpc) is 2.81. The maximum absolute atomic E-state index is 5.75. The van der Waals surface area contributed by atoms with E-state index in [1.807, 2.05) is 4.68 Å². The van der Waals surface area contributed by atoms with Crippen LogP contribution in [-0.4, -0.2) is 14.8 Å². The number of hydrogen-bond acceptors (Lipinski definition) is 4. The normalized spacial score (nSPS) is 12.9. The van der Waals surface area contributed by atoms with Crippen LogP contribution in [0.2, 0.25) is 0 Å². The van der Waals surface area contributed by atoms with Gasteiger partial charge >= 0.3 is 0 Å². The highest BCUT2D eigenvalue weighted by Crippen LogP contribution is 2.22. The molecule has 0 radical (unpaired) electrons. The molecule has 2 aromatic rings. The third kappa shape index (κ3) is 4.36. The SMILES string of the molecule is Cc1cc(Br)cc(C(Cc2ncnn2CC(C)C)NN)c1. The summed E-state index contributed by atoms with van der Waals surface area (Å²) in [5, 5.41) is 4.30. The van der Waals surface area contributed by atoms with Crippen molar-refractivity contribution < 1.29 is 0 Å². The van der Waals surface area contributed by atoms with E-state index in [-0.39, 0.29) is 6.04 Å². The summed E-state index contributed by atoms with van der Waals surface area (Å²) in [5.74, 6) is 7.23. The molecule has 6 heteroatoms. The fourth-order valence-corrected chi connectivity index (χ4v) is 2.99. The van der Waals surface area contributed by atoms with Gasteiger partial charge in [-0.2, -0.15) is 5.10 Å². The molecule has 0 aliphatic heterocycles. The molecule has 0 bridgehead atoms. The van der Waals surface area contributed by atoms with Crippen molar-refractivity contribution in [3.63, 3.8) is 0 Å². The minimum absolute atomic E-state index is 0.0105. The Morgan fingerprint density at radius 2 is 2.10 bits per heavy atom. The number of hydrogen-bond donors (Lipinski definition) is 2. The summed E-state index contributed by atoms with van der Waals surface area (Å²) in [6, 6.07) is 6.31. The van der Waals surface area contributed by atoms with Gasteiger partial charge in [-0.05, 0) is 36.1 Å².